The first kappa shape index (κ1) is 24.9. The van der Waals surface area contributed by atoms with Crippen molar-refractivity contribution in [2.45, 2.75) is 52.5 Å². The normalized spacial score (nSPS) is 23.1. The molecule has 2 atom stereocenters. The fourth-order valence-corrected chi connectivity index (χ4v) is 3.50. The van der Waals surface area contributed by atoms with Gasteiger partial charge in [0.05, 0.1) is 19.8 Å². The first-order chi connectivity index (χ1) is 12.7. The van der Waals surface area contributed by atoms with E-state index >= 15 is 0 Å². The van der Waals surface area contributed by atoms with Crippen molar-refractivity contribution in [3.8, 4) is 0 Å². The predicted octanol–water partition coefficient (Wildman–Crippen LogP) is 2.72. The minimum absolute atomic E-state index is 0. The topological polar surface area (TPSA) is 58.1 Å². The average Bonchev–Trinajstić information content (AvgIpc) is 3.16. The highest BCUT2D eigenvalue weighted by Gasteiger charge is 2.20. The lowest BCUT2D eigenvalue weighted by molar-refractivity contribution is 0.0888. The maximum Gasteiger partial charge on any atom is 0.191 e. The number of hydrogen-bond donors (Lipinski definition) is 2. The Kier molecular flexibility index (Phi) is 13.7. The van der Waals surface area contributed by atoms with Crippen molar-refractivity contribution < 1.29 is 9.47 Å². The van der Waals surface area contributed by atoms with Crippen LogP contribution in [0.25, 0.3) is 0 Å². The van der Waals surface area contributed by atoms with E-state index in [-0.39, 0.29) is 24.0 Å². The number of rotatable bonds is 10. The second kappa shape index (κ2) is 14.8. The third-order valence-electron chi connectivity index (χ3n) is 5.43. The van der Waals surface area contributed by atoms with Gasteiger partial charge in [-0.3, -0.25) is 9.89 Å². The number of halogens is 1. The summed E-state index contributed by atoms with van der Waals surface area (Å²) < 4.78 is 11.1. The third kappa shape index (κ3) is 10.3. The number of aliphatic imine (C=N–C) groups is 1. The molecule has 2 aliphatic heterocycles. The van der Waals surface area contributed by atoms with Crippen molar-refractivity contribution >= 4 is 29.9 Å². The summed E-state index contributed by atoms with van der Waals surface area (Å²) in [6.45, 7) is 15.2. The van der Waals surface area contributed by atoms with Crippen LogP contribution in [-0.4, -0.2) is 76.1 Å². The van der Waals surface area contributed by atoms with E-state index in [1.165, 1.54) is 25.9 Å². The van der Waals surface area contributed by atoms with Crippen LogP contribution in [0.2, 0.25) is 0 Å². The van der Waals surface area contributed by atoms with Gasteiger partial charge in [-0.15, -0.1) is 24.0 Å². The van der Waals surface area contributed by atoms with Crippen LogP contribution in [0.15, 0.2) is 4.99 Å². The summed E-state index contributed by atoms with van der Waals surface area (Å²) in [5, 5.41) is 6.78. The zero-order valence-corrected chi connectivity index (χ0v) is 19.9. The van der Waals surface area contributed by atoms with Crippen LogP contribution >= 0.6 is 24.0 Å². The van der Waals surface area contributed by atoms with Gasteiger partial charge in [-0.05, 0) is 58.5 Å². The standard InChI is InChI=1S/C20H40N4O2.HI/c1-4-21-20(22-9-5-12-25-15-19-8-13-26-16-19)23-14-18(3)24-10-6-17(2)7-11-24;/h17-19H,4-16H2,1-3H3,(H2,21,22,23);1H. The molecule has 2 aliphatic rings. The summed E-state index contributed by atoms with van der Waals surface area (Å²) in [4.78, 5) is 7.36. The highest BCUT2D eigenvalue weighted by molar-refractivity contribution is 14.0. The Morgan fingerprint density at radius 3 is 2.70 bits per heavy atom. The Hall–Kier alpha value is -0.120. The number of guanidine groups is 1. The Morgan fingerprint density at radius 1 is 1.26 bits per heavy atom. The van der Waals surface area contributed by atoms with Gasteiger partial charge < -0.3 is 20.1 Å². The van der Waals surface area contributed by atoms with Gasteiger partial charge in [0, 0.05) is 38.3 Å². The zero-order valence-electron chi connectivity index (χ0n) is 17.5. The highest BCUT2D eigenvalue weighted by atomic mass is 127. The molecule has 0 radical (unpaired) electrons. The molecule has 27 heavy (non-hydrogen) atoms. The summed E-state index contributed by atoms with van der Waals surface area (Å²) in [7, 11) is 0. The van der Waals surface area contributed by atoms with Crippen molar-refractivity contribution in [1.82, 2.24) is 15.5 Å². The lowest BCUT2D eigenvalue weighted by Crippen LogP contribution is -2.43. The minimum atomic E-state index is 0. The van der Waals surface area contributed by atoms with Gasteiger partial charge in [-0.1, -0.05) is 6.92 Å². The summed E-state index contributed by atoms with van der Waals surface area (Å²) >= 11 is 0. The molecule has 2 heterocycles. The molecule has 7 heteroatoms. The number of nitrogens with one attached hydrogen (secondary N) is 2. The maximum atomic E-state index is 5.76. The van der Waals surface area contributed by atoms with Crippen LogP contribution in [0.4, 0.5) is 0 Å². The van der Waals surface area contributed by atoms with Crippen molar-refractivity contribution in [1.29, 1.82) is 0 Å². The van der Waals surface area contributed by atoms with Crippen molar-refractivity contribution in [3.63, 3.8) is 0 Å². The molecule has 2 fully saturated rings. The first-order valence-corrected chi connectivity index (χ1v) is 10.6. The molecule has 0 spiro atoms. The van der Waals surface area contributed by atoms with Gasteiger partial charge in [0.25, 0.3) is 0 Å². The second-order valence-corrected chi connectivity index (χ2v) is 7.87. The van der Waals surface area contributed by atoms with Crippen LogP contribution in [0.3, 0.4) is 0 Å². The third-order valence-corrected chi connectivity index (χ3v) is 5.43. The van der Waals surface area contributed by atoms with Gasteiger partial charge in [0.1, 0.15) is 0 Å². The SMILES string of the molecule is CCNC(=NCC(C)N1CCC(C)CC1)NCCCOCC1CCOC1.I. The van der Waals surface area contributed by atoms with Crippen LogP contribution in [-0.2, 0) is 9.47 Å². The minimum Gasteiger partial charge on any atom is -0.381 e. The number of ether oxygens (including phenoxy) is 2. The summed E-state index contributed by atoms with van der Waals surface area (Å²) in [6.07, 6.45) is 4.78. The van der Waals surface area contributed by atoms with Crippen molar-refractivity contribution in [2.75, 3.05) is 59.2 Å². The number of nitrogens with zero attached hydrogens (tertiary/aromatic N) is 2. The smallest absolute Gasteiger partial charge is 0.191 e. The zero-order chi connectivity index (χ0) is 18.6. The van der Waals surface area contributed by atoms with E-state index in [1.807, 2.05) is 0 Å². The first-order valence-electron chi connectivity index (χ1n) is 10.6. The Labute approximate surface area is 183 Å². The fourth-order valence-electron chi connectivity index (χ4n) is 3.50. The van der Waals surface area contributed by atoms with E-state index in [0.29, 0.717) is 12.0 Å². The average molecular weight is 496 g/mol. The molecule has 0 aromatic rings. The highest BCUT2D eigenvalue weighted by Crippen LogP contribution is 2.18. The van der Waals surface area contributed by atoms with Crippen LogP contribution in [0, 0.1) is 11.8 Å². The largest absolute Gasteiger partial charge is 0.381 e. The van der Waals surface area contributed by atoms with Gasteiger partial charge in [-0.2, -0.15) is 0 Å². The molecule has 0 saturated carbocycles. The van der Waals surface area contributed by atoms with Gasteiger partial charge >= 0.3 is 0 Å². The molecule has 6 nitrogen and oxygen atoms in total. The van der Waals surface area contributed by atoms with Crippen LogP contribution in [0.5, 0.6) is 0 Å². The monoisotopic (exact) mass is 496 g/mol. The Bertz CT molecular complexity index is 397. The van der Waals surface area contributed by atoms with E-state index in [4.69, 9.17) is 14.5 Å². The van der Waals surface area contributed by atoms with E-state index in [9.17, 15) is 0 Å². The molecule has 2 saturated heterocycles. The summed E-state index contributed by atoms with van der Waals surface area (Å²) in [5.74, 6) is 2.40. The molecule has 0 aromatic carbocycles. The Balaban J connectivity index is 0.00000364. The molecule has 0 bridgehead atoms. The van der Waals surface area contributed by atoms with E-state index in [1.54, 1.807) is 0 Å². The molecular weight excluding hydrogens is 455 g/mol. The van der Waals surface area contributed by atoms with E-state index in [0.717, 1.165) is 70.8 Å². The van der Waals surface area contributed by atoms with Crippen molar-refractivity contribution in [2.24, 2.45) is 16.8 Å². The van der Waals surface area contributed by atoms with Gasteiger partial charge in [0.15, 0.2) is 5.96 Å². The molecule has 160 valence electrons. The predicted molar refractivity (Wildman–Crippen MR) is 123 cm³/mol. The van der Waals surface area contributed by atoms with Crippen molar-refractivity contribution in [3.05, 3.63) is 0 Å². The summed E-state index contributed by atoms with van der Waals surface area (Å²) in [6, 6.07) is 0.509. The molecule has 2 unspecified atom stereocenters. The van der Waals surface area contributed by atoms with E-state index < -0.39 is 0 Å². The Morgan fingerprint density at radius 2 is 2.04 bits per heavy atom. The van der Waals surface area contributed by atoms with E-state index in [2.05, 4.69) is 36.3 Å². The fraction of sp³-hybridized carbons (Fsp3) is 0.950. The molecule has 2 rings (SSSR count). The van der Waals surface area contributed by atoms with Gasteiger partial charge in [0.2, 0.25) is 0 Å². The molecule has 2 N–H and O–H groups in total. The molecule has 0 aliphatic carbocycles. The molecular formula is C20H41IN4O2. The molecule has 0 amide bonds. The quantitative estimate of drug-likeness (QED) is 0.211. The lowest BCUT2D eigenvalue weighted by Gasteiger charge is -2.34. The number of hydrogen-bond acceptors (Lipinski definition) is 4. The van der Waals surface area contributed by atoms with Gasteiger partial charge in [-0.25, -0.2) is 0 Å². The second-order valence-electron chi connectivity index (χ2n) is 7.87. The summed E-state index contributed by atoms with van der Waals surface area (Å²) in [5.41, 5.74) is 0. The van der Waals surface area contributed by atoms with Crippen LogP contribution < -0.4 is 10.6 Å². The molecule has 0 aromatic heterocycles. The maximum absolute atomic E-state index is 5.76. The lowest BCUT2D eigenvalue weighted by atomic mass is 9.98. The number of piperidine rings is 1. The van der Waals surface area contributed by atoms with Crippen LogP contribution in [0.1, 0.15) is 46.5 Å². The number of likely N-dealkylation sites (tertiary alicyclic amines) is 1.